The Kier molecular flexibility index (Phi) is 5.98. The molecule has 0 unspecified atom stereocenters. The fourth-order valence-electron chi connectivity index (χ4n) is 3.16. The summed E-state index contributed by atoms with van der Waals surface area (Å²) in [7, 11) is -0.0725. The Bertz CT molecular complexity index is 811. The molecular weight excluding hydrogens is 354 g/mol. The van der Waals surface area contributed by atoms with Gasteiger partial charge in [0, 0.05) is 38.6 Å². The van der Waals surface area contributed by atoms with E-state index in [-0.39, 0.29) is 10.9 Å². The fourth-order valence-corrected chi connectivity index (χ4v) is 4.20. The number of methoxy groups -OCH3 is 1. The maximum atomic E-state index is 12.7. The summed E-state index contributed by atoms with van der Waals surface area (Å²) in [5.41, 5.74) is 1.07. The molecule has 2 aromatic rings. The van der Waals surface area contributed by atoms with Crippen molar-refractivity contribution in [1.29, 1.82) is 0 Å². The maximum Gasteiger partial charge on any atom is 0.240 e. The molecule has 7 nitrogen and oxygen atoms in total. The van der Waals surface area contributed by atoms with Crippen molar-refractivity contribution in [2.24, 2.45) is 7.05 Å². The fraction of sp³-hybridized carbons (Fsp3) is 0.444. The zero-order valence-electron chi connectivity index (χ0n) is 15.1. The molecule has 0 bridgehead atoms. The summed E-state index contributed by atoms with van der Waals surface area (Å²) in [5, 5.41) is 0. The van der Waals surface area contributed by atoms with Crippen LogP contribution < -0.4 is 9.46 Å². The number of ether oxygens (including phenoxy) is 2. The Morgan fingerprint density at radius 1 is 1.19 bits per heavy atom. The van der Waals surface area contributed by atoms with Gasteiger partial charge in [0.15, 0.2) is 0 Å². The molecule has 0 aliphatic carbocycles. The lowest BCUT2D eigenvalue weighted by Crippen LogP contribution is -2.44. The third-order valence-electron chi connectivity index (χ3n) is 4.65. The molecule has 1 aromatic carbocycles. The number of aromatic nitrogens is 1. The van der Waals surface area contributed by atoms with Gasteiger partial charge in [-0.05, 0) is 36.4 Å². The molecule has 1 saturated heterocycles. The normalized spacial score (nSPS) is 17.2. The van der Waals surface area contributed by atoms with Gasteiger partial charge in [0.2, 0.25) is 10.0 Å². The van der Waals surface area contributed by atoms with Gasteiger partial charge >= 0.3 is 0 Å². The molecule has 1 N–H and O–H groups in total. The van der Waals surface area contributed by atoms with Crippen LogP contribution in [-0.4, -0.2) is 57.8 Å². The number of aryl methyl sites for hydroxylation is 1. The summed E-state index contributed by atoms with van der Waals surface area (Å²) in [6, 6.07) is 10.3. The number of rotatable bonds is 7. The number of hydrogen-bond acceptors (Lipinski definition) is 5. The van der Waals surface area contributed by atoms with Gasteiger partial charge in [-0.1, -0.05) is 0 Å². The number of sulfonamides is 1. The highest BCUT2D eigenvalue weighted by atomic mass is 32.2. The molecule has 1 fully saturated rings. The van der Waals surface area contributed by atoms with E-state index in [1.165, 1.54) is 0 Å². The second-order valence-corrected chi connectivity index (χ2v) is 8.00. The van der Waals surface area contributed by atoms with Crippen molar-refractivity contribution in [1.82, 2.24) is 14.2 Å². The number of nitrogens with zero attached hydrogens (tertiary/aromatic N) is 2. The van der Waals surface area contributed by atoms with Gasteiger partial charge in [-0.15, -0.1) is 0 Å². The van der Waals surface area contributed by atoms with E-state index in [4.69, 9.17) is 9.47 Å². The topological polar surface area (TPSA) is 72.8 Å². The summed E-state index contributed by atoms with van der Waals surface area (Å²) < 4.78 is 40.7. The SMILES string of the molecule is COc1ccc(S(=O)(=O)NC[C@@H](c2cccn2C)N2CCOCC2)cc1. The molecule has 0 amide bonds. The van der Waals surface area contributed by atoms with E-state index in [9.17, 15) is 8.42 Å². The predicted octanol–water partition coefficient (Wildman–Crippen LogP) is 1.39. The number of nitrogens with one attached hydrogen (secondary N) is 1. The Labute approximate surface area is 154 Å². The summed E-state index contributed by atoms with van der Waals surface area (Å²) in [6.45, 7) is 3.17. The van der Waals surface area contributed by atoms with Crippen LogP contribution in [0.15, 0.2) is 47.5 Å². The van der Waals surface area contributed by atoms with Crippen LogP contribution in [0, 0.1) is 0 Å². The summed E-state index contributed by atoms with van der Waals surface area (Å²) >= 11 is 0. The molecule has 0 spiro atoms. The first-order valence-electron chi connectivity index (χ1n) is 8.58. The zero-order valence-corrected chi connectivity index (χ0v) is 15.9. The van der Waals surface area contributed by atoms with Crippen LogP contribution in [0.1, 0.15) is 11.7 Å². The zero-order chi connectivity index (χ0) is 18.6. The van der Waals surface area contributed by atoms with Gasteiger partial charge in [-0.25, -0.2) is 13.1 Å². The van der Waals surface area contributed by atoms with E-state index in [1.807, 2.05) is 29.9 Å². The Morgan fingerprint density at radius 2 is 1.88 bits per heavy atom. The van der Waals surface area contributed by atoms with Crippen LogP contribution in [0.3, 0.4) is 0 Å². The summed E-state index contributed by atoms with van der Waals surface area (Å²) in [5.74, 6) is 0.624. The minimum absolute atomic E-state index is 0.0491. The van der Waals surface area contributed by atoms with Crippen LogP contribution in [0.4, 0.5) is 0 Å². The van der Waals surface area contributed by atoms with Gasteiger partial charge in [0.25, 0.3) is 0 Å². The molecule has 8 heteroatoms. The lowest BCUT2D eigenvalue weighted by molar-refractivity contribution is 0.0158. The van der Waals surface area contributed by atoms with E-state index in [1.54, 1.807) is 31.4 Å². The first-order chi connectivity index (χ1) is 12.5. The highest BCUT2D eigenvalue weighted by Gasteiger charge is 2.26. The van der Waals surface area contributed by atoms with Crippen molar-refractivity contribution in [3.8, 4) is 5.75 Å². The van der Waals surface area contributed by atoms with Crippen molar-refractivity contribution in [2.45, 2.75) is 10.9 Å². The highest BCUT2D eigenvalue weighted by molar-refractivity contribution is 7.89. The molecule has 2 heterocycles. The first kappa shape index (κ1) is 18.9. The summed E-state index contributed by atoms with van der Waals surface area (Å²) in [6.07, 6.45) is 1.97. The van der Waals surface area contributed by atoms with Crippen LogP contribution >= 0.6 is 0 Å². The van der Waals surface area contributed by atoms with Crippen molar-refractivity contribution in [2.75, 3.05) is 40.0 Å². The van der Waals surface area contributed by atoms with E-state index < -0.39 is 10.0 Å². The molecule has 142 valence electrons. The quantitative estimate of drug-likeness (QED) is 0.787. The molecular formula is C18H25N3O4S. The third-order valence-corrected chi connectivity index (χ3v) is 6.09. The van der Waals surface area contributed by atoms with E-state index >= 15 is 0 Å². The van der Waals surface area contributed by atoms with E-state index in [0.717, 1.165) is 18.8 Å². The van der Waals surface area contributed by atoms with E-state index in [2.05, 4.69) is 9.62 Å². The molecule has 1 aromatic heterocycles. The third kappa shape index (κ3) is 4.27. The number of benzene rings is 1. The predicted molar refractivity (Wildman–Crippen MR) is 98.7 cm³/mol. The lowest BCUT2D eigenvalue weighted by atomic mass is 10.1. The van der Waals surface area contributed by atoms with Gasteiger partial charge in [0.05, 0.1) is 31.3 Å². The summed E-state index contributed by atoms with van der Waals surface area (Å²) in [4.78, 5) is 2.49. The molecule has 1 aliphatic rings. The minimum atomic E-state index is -3.60. The van der Waals surface area contributed by atoms with Crippen molar-refractivity contribution in [3.63, 3.8) is 0 Å². The average molecular weight is 379 g/mol. The van der Waals surface area contributed by atoms with Crippen molar-refractivity contribution in [3.05, 3.63) is 48.3 Å². The number of morpholine rings is 1. The average Bonchev–Trinajstić information content (AvgIpc) is 3.08. The molecule has 1 atom stereocenters. The molecule has 3 rings (SSSR count). The standard InChI is InChI=1S/C18H25N3O4S/c1-20-9-3-4-17(20)18(21-10-12-25-13-11-21)14-19-26(22,23)16-7-5-15(24-2)6-8-16/h3-9,18-19H,10-14H2,1-2H3/t18-/m0/s1. The molecule has 0 saturated carbocycles. The monoisotopic (exact) mass is 379 g/mol. The van der Waals surface area contributed by atoms with Crippen LogP contribution in [0.2, 0.25) is 0 Å². The van der Waals surface area contributed by atoms with Gasteiger partial charge in [-0.3, -0.25) is 4.90 Å². The molecule has 26 heavy (non-hydrogen) atoms. The van der Waals surface area contributed by atoms with Gasteiger partial charge in [-0.2, -0.15) is 0 Å². The van der Waals surface area contributed by atoms with Crippen LogP contribution in [-0.2, 0) is 21.8 Å². The first-order valence-corrected chi connectivity index (χ1v) is 10.1. The molecule has 1 aliphatic heterocycles. The second-order valence-electron chi connectivity index (χ2n) is 6.24. The smallest absolute Gasteiger partial charge is 0.240 e. The highest BCUT2D eigenvalue weighted by Crippen LogP contribution is 2.22. The van der Waals surface area contributed by atoms with Gasteiger partial charge < -0.3 is 14.0 Å². The van der Waals surface area contributed by atoms with Crippen molar-refractivity contribution >= 4 is 10.0 Å². The molecule has 0 radical (unpaired) electrons. The van der Waals surface area contributed by atoms with Crippen molar-refractivity contribution < 1.29 is 17.9 Å². The second kappa shape index (κ2) is 8.22. The minimum Gasteiger partial charge on any atom is -0.497 e. The Hall–Kier alpha value is -1.87. The van der Waals surface area contributed by atoms with Crippen LogP contribution in [0.25, 0.3) is 0 Å². The number of hydrogen-bond donors (Lipinski definition) is 1. The Morgan fingerprint density at radius 3 is 2.46 bits per heavy atom. The largest absolute Gasteiger partial charge is 0.497 e. The van der Waals surface area contributed by atoms with Gasteiger partial charge in [0.1, 0.15) is 5.75 Å². The maximum absolute atomic E-state index is 12.7. The lowest BCUT2D eigenvalue weighted by Gasteiger charge is -2.34. The van der Waals surface area contributed by atoms with E-state index in [0.29, 0.717) is 25.5 Å². The Balaban J connectivity index is 1.77. The van der Waals surface area contributed by atoms with Crippen LogP contribution in [0.5, 0.6) is 5.75 Å².